The number of nitrogens with zero attached hydrogens (tertiary/aromatic N) is 1. The van der Waals surface area contributed by atoms with E-state index in [9.17, 15) is 4.79 Å². The fourth-order valence-corrected chi connectivity index (χ4v) is 2.02. The quantitative estimate of drug-likeness (QED) is 0.831. The molecule has 17 heavy (non-hydrogen) atoms. The van der Waals surface area contributed by atoms with Gasteiger partial charge in [0, 0.05) is 11.6 Å². The third kappa shape index (κ3) is 2.82. The zero-order valence-electron chi connectivity index (χ0n) is 10.6. The molecule has 2 rings (SSSR count). The van der Waals surface area contributed by atoms with Gasteiger partial charge in [-0.3, -0.25) is 4.79 Å². The number of hydrogen-bond donors (Lipinski definition) is 2. The highest BCUT2D eigenvalue weighted by molar-refractivity contribution is 5.91. The Kier molecular flexibility index (Phi) is 3.43. The SMILES string of the molecule is Cc1cc(C)nc(NC(=O)C(C)C2CNC2)c1. The van der Waals surface area contributed by atoms with E-state index < -0.39 is 0 Å². The Morgan fingerprint density at radius 1 is 1.47 bits per heavy atom. The van der Waals surface area contributed by atoms with Crippen LogP contribution in [0.15, 0.2) is 12.1 Å². The molecule has 0 radical (unpaired) electrons. The number of hydrogen-bond acceptors (Lipinski definition) is 3. The topological polar surface area (TPSA) is 54.0 Å². The molecule has 1 aliphatic heterocycles. The van der Waals surface area contributed by atoms with Crippen molar-refractivity contribution >= 4 is 11.7 Å². The second-order valence-corrected chi connectivity index (χ2v) is 4.87. The Hall–Kier alpha value is -1.42. The summed E-state index contributed by atoms with van der Waals surface area (Å²) in [6, 6.07) is 3.89. The molecular formula is C13H19N3O. The molecule has 1 amide bonds. The van der Waals surface area contributed by atoms with Crippen molar-refractivity contribution in [3.63, 3.8) is 0 Å². The van der Waals surface area contributed by atoms with Gasteiger partial charge in [-0.05, 0) is 50.6 Å². The predicted molar refractivity (Wildman–Crippen MR) is 67.9 cm³/mol. The van der Waals surface area contributed by atoms with E-state index in [0.717, 1.165) is 24.3 Å². The molecule has 1 fully saturated rings. The van der Waals surface area contributed by atoms with Crippen LogP contribution in [0.2, 0.25) is 0 Å². The Bertz CT molecular complexity index is 406. The van der Waals surface area contributed by atoms with Crippen LogP contribution in [-0.2, 0) is 4.79 Å². The van der Waals surface area contributed by atoms with Crippen molar-refractivity contribution in [2.24, 2.45) is 11.8 Å². The summed E-state index contributed by atoms with van der Waals surface area (Å²) in [7, 11) is 0. The third-order valence-electron chi connectivity index (χ3n) is 3.28. The summed E-state index contributed by atoms with van der Waals surface area (Å²) in [4.78, 5) is 16.3. The number of rotatable bonds is 3. The van der Waals surface area contributed by atoms with Crippen molar-refractivity contribution in [1.82, 2.24) is 10.3 Å². The van der Waals surface area contributed by atoms with E-state index in [4.69, 9.17) is 0 Å². The number of amides is 1. The molecule has 0 saturated carbocycles. The Labute approximate surface area is 102 Å². The molecule has 0 aliphatic carbocycles. The zero-order chi connectivity index (χ0) is 12.4. The van der Waals surface area contributed by atoms with Crippen LogP contribution in [0.25, 0.3) is 0 Å². The molecule has 1 aromatic heterocycles. The van der Waals surface area contributed by atoms with Crippen molar-refractivity contribution in [2.45, 2.75) is 20.8 Å². The highest BCUT2D eigenvalue weighted by Gasteiger charge is 2.28. The number of anilines is 1. The lowest BCUT2D eigenvalue weighted by molar-refractivity contribution is -0.121. The molecule has 1 saturated heterocycles. The smallest absolute Gasteiger partial charge is 0.228 e. The maximum atomic E-state index is 12.0. The molecule has 1 atom stereocenters. The summed E-state index contributed by atoms with van der Waals surface area (Å²) in [6.07, 6.45) is 0. The highest BCUT2D eigenvalue weighted by Crippen LogP contribution is 2.18. The maximum absolute atomic E-state index is 12.0. The van der Waals surface area contributed by atoms with Crippen molar-refractivity contribution in [3.05, 3.63) is 23.4 Å². The molecule has 0 aromatic carbocycles. The van der Waals surface area contributed by atoms with Gasteiger partial charge in [-0.1, -0.05) is 6.92 Å². The first-order chi connectivity index (χ1) is 8.06. The van der Waals surface area contributed by atoms with E-state index >= 15 is 0 Å². The minimum Gasteiger partial charge on any atom is -0.316 e. The number of pyridine rings is 1. The van der Waals surface area contributed by atoms with Gasteiger partial charge in [0.05, 0.1) is 0 Å². The highest BCUT2D eigenvalue weighted by atomic mass is 16.1. The maximum Gasteiger partial charge on any atom is 0.228 e. The molecule has 4 heteroatoms. The summed E-state index contributed by atoms with van der Waals surface area (Å²) in [6.45, 7) is 7.79. The second kappa shape index (κ2) is 4.84. The standard InChI is InChI=1S/C13H19N3O/c1-8-4-9(2)15-12(5-8)16-13(17)10(3)11-6-14-7-11/h4-5,10-11,14H,6-7H2,1-3H3,(H,15,16,17). The average Bonchev–Trinajstić information content (AvgIpc) is 2.12. The van der Waals surface area contributed by atoms with Gasteiger partial charge in [0.1, 0.15) is 5.82 Å². The second-order valence-electron chi connectivity index (χ2n) is 4.87. The fraction of sp³-hybridized carbons (Fsp3) is 0.538. The van der Waals surface area contributed by atoms with E-state index in [1.54, 1.807) is 0 Å². The Morgan fingerprint density at radius 2 is 2.18 bits per heavy atom. The Balaban J connectivity index is 2.01. The molecule has 4 nitrogen and oxygen atoms in total. The van der Waals surface area contributed by atoms with Crippen molar-refractivity contribution in [2.75, 3.05) is 18.4 Å². The summed E-state index contributed by atoms with van der Waals surface area (Å²) in [5, 5.41) is 6.08. The first kappa shape index (κ1) is 12.0. The summed E-state index contributed by atoms with van der Waals surface area (Å²) < 4.78 is 0. The van der Waals surface area contributed by atoms with E-state index in [0.29, 0.717) is 11.7 Å². The largest absolute Gasteiger partial charge is 0.316 e. The normalized spacial score (nSPS) is 17.4. The summed E-state index contributed by atoms with van der Waals surface area (Å²) in [5.41, 5.74) is 2.05. The van der Waals surface area contributed by atoms with Crippen LogP contribution < -0.4 is 10.6 Å². The molecule has 92 valence electrons. The van der Waals surface area contributed by atoms with E-state index in [-0.39, 0.29) is 11.8 Å². The number of carbonyl (C=O) groups is 1. The van der Waals surface area contributed by atoms with Crippen molar-refractivity contribution in [1.29, 1.82) is 0 Å². The molecule has 1 aliphatic rings. The monoisotopic (exact) mass is 233 g/mol. The average molecular weight is 233 g/mol. The van der Waals surface area contributed by atoms with Crippen LogP contribution in [0.3, 0.4) is 0 Å². The third-order valence-corrected chi connectivity index (χ3v) is 3.28. The van der Waals surface area contributed by atoms with Gasteiger partial charge >= 0.3 is 0 Å². The lowest BCUT2D eigenvalue weighted by Gasteiger charge is -2.31. The Morgan fingerprint density at radius 3 is 2.71 bits per heavy atom. The van der Waals surface area contributed by atoms with Crippen LogP contribution >= 0.6 is 0 Å². The predicted octanol–water partition coefficient (Wildman–Crippen LogP) is 1.49. The number of nitrogens with one attached hydrogen (secondary N) is 2. The molecule has 1 aromatic rings. The number of aryl methyl sites for hydroxylation is 2. The van der Waals surface area contributed by atoms with E-state index in [1.807, 2.05) is 32.9 Å². The molecular weight excluding hydrogens is 214 g/mol. The molecule has 1 unspecified atom stereocenters. The molecule has 0 spiro atoms. The van der Waals surface area contributed by atoms with Gasteiger partial charge < -0.3 is 10.6 Å². The van der Waals surface area contributed by atoms with Gasteiger partial charge in [0.2, 0.25) is 5.91 Å². The summed E-state index contributed by atoms with van der Waals surface area (Å²) >= 11 is 0. The molecule has 0 bridgehead atoms. The van der Waals surface area contributed by atoms with Gasteiger partial charge in [-0.15, -0.1) is 0 Å². The van der Waals surface area contributed by atoms with Gasteiger partial charge in [0.15, 0.2) is 0 Å². The summed E-state index contributed by atoms with van der Waals surface area (Å²) in [5.74, 6) is 1.22. The van der Waals surface area contributed by atoms with Crippen LogP contribution in [0, 0.1) is 25.7 Å². The zero-order valence-corrected chi connectivity index (χ0v) is 10.6. The minimum absolute atomic E-state index is 0.0406. The van der Waals surface area contributed by atoms with Crippen molar-refractivity contribution in [3.8, 4) is 0 Å². The molecule has 2 N–H and O–H groups in total. The van der Waals surface area contributed by atoms with Gasteiger partial charge in [0.25, 0.3) is 0 Å². The lowest BCUT2D eigenvalue weighted by atomic mass is 9.88. The number of carbonyl (C=O) groups excluding carboxylic acids is 1. The van der Waals surface area contributed by atoms with E-state index in [2.05, 4.69) is 15.6 Å². The van der Waals surface area contributed by atoms with E-state index in [1.165, 1.54) is 0 Å². The van der Waals surface area contributed by atoms with Crippen molar-refractivity contribution < 1.29 is 4.79 Å². The lowest BCUT2D eigenvalue weighted by Crippen LogP contribution is -2.48. The van der Waals surface area contributed by atoms with Crippen LogP contribution in [0.5, 0.6) is 0 Å². The first-order valence-electron chi connectivity index (χ1n) is 6.03. The fourth-order valence-electron chi connectivity index (χ4n) is 2.02. The van der Waals surface area contributed by atoms with Crippen LogP contribution in [0.4, 0.5) is 5.82 Å². The van der Waals surface area contributed by atoms with Gasteiger partial charge in [-0.2, -0.15) is 0 Å². The van der Waals surface area contributed by atoms with Crippen LogP contribution in [-0.4, -0.2) is 24.0 Å². The first-order valence-corrected chi connectivity index (χ1v) is 6.03. The van der Waals surface area contributed by atoms with Crippen LogP contribution in [0.1, 0.15) is 18.2 Å². The van der Waals surface area contributed by atoms with Gasteiger partial charge in [-0.25, -0.2) is 4.98 Å². The minimum atomic E-state index is 0.0406. The number of aromatic nitrogens is 1. The molecule has 2 heterocycles.